The predicted molar refractivity (Wildman–Crippen MR) is 74.5 cm³/mol. The van der Waals surface area contributed by atoms with Crippen LogP contribution < -0.4 is 5.32 Å². The lowest BCUT2D eigenvalue weighted by atomic mass is 10.1. The summed E-state index contributed by atoms with van der Waals surface area (Å²) in [7, 11) is 0. The van der Waals surface area contributed by atoms with Gasteiger partial charge in [-0.05, 0) is 36.8 Å². The van der Waals surface area contributed by atoms with Crippen LogP contribution >= 0.6 is 0 Å². The van der Waals surface area contributed by atoms with E-state index in [0.29, 0.717) is 6.42 Å². The number of halogens is 1. The van der Waals surface area contributed by atoms with Crippen LogP contribution in [0.15, 0.2) is 42.6 Å². The minimum Gasteiger partial charge on any atom is -0.478 e. The molecule has 1 amide bonds. The van der Waals surface area contributed by atoms with Crippen LogP contribution in [0.25, 0.3) is 0 Å². The fourth-order valence-electron chi connectivity index (χ4n) is 1.80. The lowest BCUT2D eigenvalue weighted by molar-refractivity contribution is -0.116. The number of carbonyl (C=O) groups is 2. The van der Waals surface area contributed by atoms with Crippen LogP contribution in [-0.2, 0) is 11.2 Å². The monoisotopic (exact) mass is 288 g/mol. The number of aromatic nitrogens is 1. The average molecular weight is 288 g/mol. The molecule has 1 aromatic carbocycles. The molecule has 0 aliphatic heterocycles. The Labute approximate surface area is 120 Å². The Morgan fingerprint density at radius 2 is 2.05 bits per heavy atom. The number of aromatic carboxylic acids is 1. The number of hydrogen-bond donors (Lipinski definition) is 2. The summed E-state index contributed by atoms with van der Waals surface area (Å²) in [5.74, 6) is -2.32. The molecule has 5 nitrogen and oxygen atoms in total. The van der Waals surface area contributed by atoms with Crippen molar-refractivity contribution < 1.29 is 19.1 Å². The molecule has 2 aromatic rings. The van der Waals surface area contributed by atoms with Gasteiger partial charge in [0.15, 0.2) is 0 Å². The molecule has 6 heteroatoms. The number of aryl methyl sites for hydroxylation is 1. The number of hydrogen-bond acceptors (Lipinski definition) is 3. The fourth-order valence-corrected chi connectivity index (χ4v) is 1.80. The highest BCUT2D eigenvalue weighted by Gasteiger charge is 2.13. The van der Waals surface area contributed by atoms with Crippen LogP contribution in [0.4, 0.5) is 10.1 Å². The highest BCUT2D eigenvalue weighted by Crippen LogP contribution is 2.17. The van der Waals surface area contributed by atoms with Crippen molar-refractivity contribution in [3.8, 4) is 0 Å². The van der Waals surface area contributed by atoms with E-state index in [-0.39, 0.29) is 23.6 Å². The number of carboxylic acid groups (broad SMARTS) is 1. The zero-order valence-corrected chi connectivity index (χ0v) is 11.0. The van der Waals surface area contributed by atoms with Gasteiger partial charge in [0.2, 0.25) is 5.91 Å². The van der Waals surface area contributed by atoms with E-state index in [1.54, 1.807) is 18.3 Å². The van der Waals surface area contributed by atoms with E-state index < -0.39 is 11.8 Å². The van der Waals surface area contributed by atoms with Gasteiger partial charge in [0.05, 0.1) is 11.3 Å². The standard InChI is InChI=1S/C15H13FN2O3/c16-10-4-6-13(12(9-10)15(20)21)18-14(19)7-5-11-3-1-2-8-17-11/h1-4,6,8-9H,5,7H2,(H,18,19)(H,20,21). The smallest absolute Gasteiger partial charge is 0.337 e. The zero-order valence-electron chi connectivity index (χ0n) is 11.0. The van der Waals surface area contributed by atoms with Crippen LogP contribution in [0.1, 0.15) is 22.5 Å². The van der Waals surface area contributed by atoms with E-state index in [1.165, 1.54) is 6.07 Å². The molecule has 2 N–H and O–H groups in total. The Bertz CT molecular complexity index is 659. The van der Waals surface area contributed by atoms with Crippen LogP contribution in [0.2, 0.25) is 0 Å². The first-order valence-electron chi connectivity index (χ1n) is 6.29. The number of carboxylic acids is 1. The van der Waals surface area contributed by atoms with Crippen LogP contribution in [0.3, 0.4) is 0 Å². The summed E-state index contributed by atoms with van der Waals surface area (Å²) in [5, 5.41) is 11.5. The number of anilines is 1. The van der Waals surface area contributed by atoms with Crippen LogP contribution in [0.5, 0.6) is 0 Å². The second kappa shape index (κ2) is 6.60. The number of rotatable bonds is 5. The summed E-state index contributed by atoms with van der Waals surface area (Å²) in [6, 6.07) is 8.60. The van der Waals surface area contributed by atoms with Crippen molar-refractivity contribution in [3.63, 3.8) is 0 Å². The largest absolute Gasteiger partial charge is 0.478 e. The molecular formula is C15H13FN2O3. The van der Waals surface area contributed by atoms with Gasteiger partial charge in [0, 0.05) is 18.3 Å². The van der Waals surface area contributed by atoms with Gasteiger partial charge in [-0.2, -0.15) is 0 Å². The molecule has 0 bridgehead atoms. The van der Waals surface area contributed by atoms with Gasteiger partial charge >= 0.3 is 5.97 Å². The molecule has 2 rings (SSSR count). The second-order valence-corrected chi connectivity index (χ2v) is 4.36. The van der Waals surface area contributed by atoms with Crippen molar-refractivity contribution in [2.24, 2.45) is 0 Å². The summed E-state index contributed by atoms with van der Waals surface area (Å²) in [6.07, 6.45) is 2.24. The van der Waals surface area contributed by atoms with Crippen molar-refractivity contribution in [2.75, 3.05) is 5.32 Å². The Hall–Kier alpha value is -2.76. The third-order valence-electron chi connectivity index (χ3n) is 2.82. The molecule has 0 spiro atoms. The Morgan fingerprint density at radius 1 is 1.24 bits per heavy atom. The van der Waals surface area contributed by atoms with Crippen LogP contribution in [-0.4, -0.2) is 22.0 Å². The van der Waals surface area contributed by atoms with E-state index in [4.69, 9.17) is 5.11 Å². The van der Waals surface area contributed by atoms with E-state index in [9.17, 15) is 14.0 Å². The molecular weight excluding hydrogens is 275 g/mol. The topological polar surface area (TPSA) is 79.3 Å². The normalized spacial score (nSPS) is 10.1. The van der Waals surface area contributed by atoms with E-state index in [0.717, 1.165) is 17.8 Å². The number of pyridine rings is 1. The highest BCUT2D eigenvalue weighted by atomic mass is 19.1. The molecule has 0 aliphatic carbocycles. The Morgan fingerprint density at radius 3 is 2.71 bits per heavy atom. The van der Waals surface area contributed by atoms with Gasteiger partial charge in [-0.15, -0.1) is 0 Å². The fraction of sp³-hybridized carbons (Fsp3) is 0.133. The number of carbonyl (C=O) groups excluding carboxylic acids is 1. The maximum Gasteiger partial charge on any atom is 0.337 e. The summed E-state index contributed by atoms with van der Waals surface area (Å²) < 4.78 is 13.0. The Balaban J connectivity index is 2.01. The van der Waals surface area contributed by atoms with Crippen molar-refractivity contribution in [3.05, 3.63) is 59.7 Å². The summed E-state index contributed by atoms with van der Waals surface area (Å²) in [6.45, 7) is 0. The minimum absolute atomic E-state index is 0.0786. The third kappa shape index (κ3) is 4.10. The van der Waals surface area contributed by atoms with Gasteiger partial charge in [0.1, 0.15) is 5.82 Å². The minimum atomic E-state index is -1.30. The maximum absolute atomic E-state index is 13.0. The Kier molecular flexibility index (Phi) is 4.61. The molecule has 1 heterocycles. The predicted octanol–water partition coefficient (Wildman–Crippen LogP) is 2.49. The molecule has 0 aliphatic rings. The number of nitrogens with one attached hydrogen (secondary N) is 1. The lowest BCUT2D eigenvalue weighted by Crippen LogP contribution is -2.15. The molecule has 0 saturated heterocycles. The molecule has 0 unspecified atom stereocenters. The number of amides is 1. The molecule has 108 valence electrons. The quantitative estimate of drug-likeness (QED) is 0.886. The number of nitrogens with zero attached hydrogens (tertiary/aromatic N) is 1. The van der Waals surface area contributed by atoms with Gasteiger partial charge < -0.3 is 10.4 Å². The molecule has 0 saturated carbocycles. The first kappa shape index (κ1) is 14.6. The van der Waals surface area contributed by atoms with Gasteiger partial charge in [0.25, 0.3) is 0 Å². The first-order valence-corrected chi connectivity index (χ1v) is 6.29. The molecule has 0 fully saturated rings. The zero-order chi connectivity index (χ0) is 15.2. The van der Waals surface area contributed by atoms with E-state index in [2.05, 4.69) is 10.3 Å². The summed E-state index contributed by atoms with van der Waals surface area (Å²) >= 11 is 0. The van der Waals surface area contributed by atoms with Crippen LogP contribution in [0, 0.1) is 5.82 Å². The molecule has 1 aromatic heterocycles. The average Bonchev–Trinajstić information content (AvgIpc) is 2.48. The van der Waals surface area contributed by atoms with Crippen molar-refractivity contribution >= 4 is 17.6 Å². The summed E-state index contributed by atoms with van der Waals surface area (Å²) in [5.41, 5.74) is 0.571. The molecule has 0 radical (unpaired) electrons. The van der Waals surface area contributed by atoms with E-state index >= 15 is 0 Å². The summed E-state index contributed by atoms with van der Waals surface area (Å²) in [4.78, 5) is 26.9. The lowest BCUT2D eigenvalue weighted by Gasteiger charge is -2.08. The van der Waals surface area contributed by atoms with E-state index in [1.807, 2.05) is 6.07 Å². The van der Waals surface area contributed by atoms with Gasteiger partial charge in [-0.25, -0.2) is 9.18 Å². The number of benzene rings is 1. The van der Waals surface area contributed by atoms with Crippen molar-refractivity contribution in [1.82, 2.24) is 4.98 Å². The molecule has 0 atom stereocenters. The maximum atomic E-state index is 13.0. The van der Waals surface area contributed by atoms with Gasteiger partial charge in [-0.1, -0.05) is 6.07 Å². The third-order valence-corrected chi connectivity index (χ3v) is 2.82. The van der Waals surface area contributed by atoms with Gasteiger partial charge in [-0.3, -0.25) is 9.78 Å². The van der Waals surface area contributed by atoms with Crippen molar-refractivity contribution in [2.45, 2.75) is 12.8 Å². The van der Waals surface area contributed by atoms with Crippen molar-refractivity contribution in [1.29, 1.82) is 0 Å². The molecule has 21 heavy (non-hydrogen) atoms. The second-order valence-electron chi connectivity index (χ2n) is 4.36. The SMILES string of the molecule is O=C(CCc1ccccn1)Nc1ccc(F)cc1C(=O)O. The highest BCUT2D eigenvalue weighted by molar-refractivity contribution is 6.00. The first-order chi connectivity index (χ1) is 10.1.